The minimum absolute atomic E-state index is 0.306. The summed E-state index contributed by atoms with van der Waals surface area (Å²) in [5, 5.41) is 8.77. The molecule has 0 aliphatic rings. The number of hydroxylamine groups is 1. The fraction of sp³-hybridized carbons (Fsp3) is 0.533. The summed E-state index contributed by atoms with van der Waals surface area (Å²) < 4.78 is 5.58. The highest BCUT2D eigenvalue weighted by molar-refractivity contribution is 5.82. The summed E-state index contributed by atoms with van der Waals surface area (Å²) in [6.07, 6.45) is 3.73. The van der Waals surface area contributed by atoms with Gasteiger partial charge in [0.2, 0.25) is 0 Å². The van der Waals surface area contributed by atoms with Gasteiger partial charge in [0.25, 0.3) is 5.91 Å². The minimum Gasteiger partial charge on any atom is -0.494 e. The van der Waals surface area contributed by atoms with Gasteiger partial charge in [-0.2, -0.15) is 0 Å². The summed E-state index contributed by atoms with van der Waals surface area (Å²) in [6, 6.07) is 7.52. The molecule has 0 bridgehead atoms. The Hall–Kier alpha value is -1.55. The summed E-state index contributed by atoms with van der Waals surface area (Å²) in [5.74, 6) is 0.151. The van der Waals surface area contributed by atoms with Crippen molar-refractivity contribution < 1.29 is 14.7 Å². The topological polar surface area (TPSA) is 58.6 Å². The van der Waals surface area contributed by atoms with Crippen LogP contribution in [0.15, 0.2) is 24.3 Å². The molecule has 0 unspecified atom stereocenters. The van der Waals surface area contributed by atoms with Crippen molar-refractivity contribution in [3.63, 3.8) is 0 Å². The molecule has 1 amide bonds. The van der Waals surface area contributed by atoms with Gasteiger partial charge in [0.1, 0.15) is 5.75 Å². The summed E-state index contributed by atoms with van der Waals surface area (Å²) in [5.41, 5.74) is 2.63. The number of carbonyl (C=O) groups is 1. The minimum atomic E-state index is -0.360. The molecule has 0 aliphatic carbocycles. The fourth-order valence-corrected chi connectivity index (χ4v) is 1.95. The summed E-state index contributed by atoms with van der Waals surface area (Å²) in [7, 11) is 0. The van der Waals surface area contributed by atoms with E-state index in [1.165, 1.54) is 0 Å². The van der Waals surface area contributed by atoms with Crippen LogP contribution in [-0.4, -0.2) is 17.7 Å². The lowest BCUT2D eigenvalue weighted by molar-refractivity contribution is -0.130. The molecule has 4 heteroatoms. The lowest BCUT2D eigenvalue weighted by Gasteiger charge is -2.15. The number of nitrogens with one attached hydrogen (secondary N) is 1. The molecule has 0 aromatic heterocycles. The van der Waals surface area contributed by atoms with Gasteiger partial charge in [-0.1, -0.05) is 38.8 Å². The van der Waals surface area contributed by atoms with E-state index in [9.17, 15) is 4.79 Å². The Labute approximate surface area is 114 Å². The van der Waals surface area contributed by atoms with Gasteiger partial charge in [-0.15, -0.1) is 0 Å². The monoisotopic (exact) mass is 265 g/mol. The molecule has 0 saturated carbocycles. The van der Waals surface area contributed by atoms with E-state index >= 15 is 0 Å². The van der Waals surface area contributed by atoms with Crippen molar-refractivity contribution in [2.75, 3.05) is 6.61 Å². The molecule has 1 rings (SSSR count). The van der Waals surface area contributed by atoms with Crippen molar-refractivity contribution in [1.29, 1.82) is 0 Å². The number of unbranched alkanes of at least 4 members (excludes halogenated alkanes) is 1. The van der Waals surface area contributed by atoms with Gasteiger partial charge >= 0.3 is 0 Å². The van der Waals surface area contributed by atoms with E-state index in [0.717, 1.165) is 30.6 Å². The van der Waals surface area contributed by atoms with Crippen LogP contribution in [0.4, 0.5) is 0 Å². The number of amides is 1. The van der Waals surface area contributed by atoms with Gasteiger partial charge in [0, 0.05) is 0 Å². The van der Waals surface area contributed by atoms with Crippen molar-refractivity contribution in [3.05, 3.63) is 29.8 Å². The van der Waals surface area contributed by atoms with E-state index < -0.39 is 0 Å². The van der Waals surface area contributed by atoms with E-state index in [4.69, 9.17) is 9.94 Å². The largest absolute Gasteiger partial charge is 0.494 e. The Kier molecular flexibility index (Phi) is 6.97. The number of benzene rings is 1. The van der Waals surface area contributed by atoms with Crippen molar-refractivity contribution in [2.24, 2.45) is 0 Å². The molecule has 0 spiro atoms. The van der Waals surface area contributed by atoms with E-state index in [1.807, 2.05) is 31.2 Å². The molecule has 0 radical (unpaired) electrons. The highest BCUT2D eigenvalue weighted by Crippen LogP contribution is 2.24. The molecule has 1 aromatic carbocycles. The molecular formula is C15H23NO3. The summed E-state index contributed by atoms with van der Waals surface area (Å²) in [4.78, 5) is 11.6. The van der Waals surface area contributed by atoms with Gasteiger partial charge < -0.3 is 4.74 Å². The lowest BCUT2D eigenvalue weighted by Crippen LogP contribution is -2.26. The normalized spacial score (nSPS) is 11.9. The maximum absolute atomic E-state index is 11.6. The first-order chi connectivity index (χ1) is 9.22. The zero-order valence-electron chi connectivity index (χ0n) is 11.7. The zero-order valence-corrected chi connectivity index (χ0v) is 11.7. The van der Waals surface area contributed by atoms with E-state index in [-0.39, 0.29) is 11.8 Å². The van der Waals surface area contributed by atoms with E-state index in [2.05, 4.69) is 6.92 Å². The van der Waals surface area contributed by atoms with Crippen LogP contribution < -0.4 is 10.2 Å². The van der Waals surface area contributed by atoms with Gasteiger partial charge in [0.15, 0.2) is 0 Å². The van der Waals surface area contributed by atoms with Crippen LogP contribution in [0.1, 0.15) is 51.0 Å². The van der Waals surface area contributed by atoms with Crippen LogP contribution in [0, 0.1) is 0 Å². The van der Waals surface area contributed by atoms with Gasteiger partial charge in [-0.3, -0.25) is 10.0 Å². The van der Waals surface area contributed by atoms with Gasteiger partial charge in [-0.05, 0) is 30.5 Å². The SMILES string of the molecule is CCCCOc1ccc([C@H](CCC)C(=O)NO)cc1. The second-order valence-electron chi connectivity index (χ2n) is 4.59. The fourth-order valence-electron chi connectivity index (χ4n) is 1.95. The highest BCUT2D eigenvalue weighted by Gasteiger charge is 2.19. The van der Waals surface area contributed by atoms with E-state index in [0.29, 0.717) is 13.0 Å². The second kappa shape index (κ2) is 8.53. The predicted octanol–water partition coefficient (Wildman–Crippen LogP) is 3.25. The molecule has 2 N–H and O–H groups in total. The van der Waals surface area contributed by atoms with Crippen LogP contribution in [0.5, 0.6) is 5.75 Å². The van der Waals surface area contributed by atoms with E-state index in [1.54, 1.807) is 5.48 Å². The molecule has 106 valence electrons. The van der Waals surface area contributed by atoms with Crippen LogP contribution in [0.2, 0.25) is 0 Å². The Bertz CT molecular complexity index is 375. The van der Waals surface area contributed by atoms with Gasteiger partial charge in [0.05, 0.1) is 12.5 Å². The number of hydrogen-bond acceptors (Lipinski definition) is 3. The quantitative estimate of drug-likeness (QED) is 0.431. The van der Waals surface area contributed by atoms with Crippen LogP contribution in [-0.2, 0) is 4.79 Å². The Morgan fingerprint density at radius 2 is 1.95 bits per heavy atom. The molecule has 1 atom stereocenters. The Morgan fingerprint density at radius 1 is 1.26 bits per heavy atom. The third-order valence-electron chi connectivity index (χ3n) is 3.05. The first-order valence-electron chi connectivity index (χ1n) is 6.89. The lowest BCUT2D eigenvalue weighted by atomic mass is 9.94. The smallest absolute Gasteiger partial charge is 0.250 e. The molecule has 4 nitrogen and oxygen atoms in total. The average Bonchev–Trinajstić information content (AvgIpc) is 2.45. The first-order valence-corrected chi connectivity index (χ1v) is 6.89. The molecule has 19 heavy (non-hydrogen) atoms. The average molecular weight is 265 g/mol. The molecule has 0 fully saturated rings. The van der Waals surface area contributed by atoms with Crippen molar-refractivity contribution in [3.8, 4) is 5.75 Å². The maximum atomic E-state index is 11.6. The second-order valence-corrected chi connectivity index (χ2v) is 4.59. The maximum Gasteiger partial charge on any atom is 0.250 e. The number of hydrogen-bond donors (Lipinski definition) is 2. The van der Waals surface area contributed by atoms with Gasteiger partial charge in [-0.25, -0.2) is 5.48 Å². The zero-order chi connectivity index (χ0) is 14.1. The van der Waals surface area contributed by atoms with Crippen LogP contribution in [0.25, 0.3) is 0 Å². The number of rotatable bonds is 8. The number of carbonyl (C=O) groups excluding carboxylic acids is 1. The van der Waals surface area contributed by atoms with Crippen molar-refractivity contribution in [1.82, 2.24) is 5.48 Å². The van der Waals surface area contributed by atoms with Crippen molar-refractivity contribution in [2.45, 2.75) is 45.4 Å². The predicted molar refractivity (Wildman–Crippen MR) is 74.4 cm³/mol. The molecular weight excluding hydrogens is 242 g/mol. The van der Waals surface area contributed by atoms with Crippen LogP contribution in [0.3, 0.4) is 0 Å². The number of ether oxygens (including phenoxy) is 1. The summed E-state index contributed by atoms with van der Waals surface area (Å²) in [6.45, 7) is 4.85. The Morgan fingerprint density at radius 3 is 2.47 bits per heavy atom. The third kappa shape index (κ3) is 4.91. The summed E-state index contributed by atoms with van der Waals surface area (Å²) >= 11 is 0. The molecule has 0 aliphatic heterocycles. The first kappa shape index (κ1) is 15.5. The molecule has 1 aromatic rings. The molecule has 0 heterocycles. The highest BCUT2D eigenvalue weighted by atomic mass is 16.5. The molecule has 0 saturated heterocycles. The standard InChI is InChI=1S/C15H23NO3/c1-3-5-11-19-13-9-7-12(8-10-13)14(6-4-2)15(17)16-18/h7-10,14,18H,3-6,11H2,1-2H3,(H,16,17)/t14-/m0/s1. The van der Waals surface area contributed by atoms with Crippen LogP contribution >= 0.6 is 0 Å². The Balaban J connectivity index is 2.69. The van der Waals surface area contributed by atoms with Crippen molar-refractivity contribution >= 4 is 5.91 Å². The third-order valence-corrected chi connectivity index (χ3v) is 3.05.